The van der Waals surface area contributed by atoms with Gasteiger partial charge in [0.05, 0.1) is 0 Å². The first-order valence-electron chi connectivity index (χ1n) is 6.28. The van der Waals surface area contributed by atoms with Gasteiger partial charge in [0.15, 0.2) is 5.65 Å². The molecule has 1 aromatic carbocycles. The number of aromatic nitrogens is 6. The van der Waals surface area contributed by atoms with Crippen LogP contribution in [0, 0.1) is 5.82 Å². The highest BCUT2D eigenvalue weighted by Gasteiger charge is 2.13. The van der Waals surface area contributed by atoms with Crippen molar-refractivity contribution in [3.63, 3.8) is 0 Å². The summed E-state index contributed by atoms with van der Waals surface area (Å²) in [7, 11) is 0. The molecular formula is C14H9FN6. The normalized spacial score (nSPS) is 11.1. The fourth-order valence-corrected chi connectivity index (χ4v) is 2.23. The number of H-pyrrole nitrogens is 1. The number of aromatic amines is 1. The van der Waals surface area contributed by atoms with E-state index in [1.54, 1.807) is 16.6 Å². The van der Waals surface area contributed by atoms with Gasteiger partial charge < -0.3 is 0 Å². The average molecular weight is 280 g/mol. The highest BCUT2D eigenvalue weighted by Crippen LogP contribution is 2.28. The average Bonchev–Trinajstić information content (AvgIpc) is 3.15. The van der Waals surface area contributed by atoms with E-state index in [9.17, 15) is 4.39 Å². The Morgan fingerprint density at radius 2 is 1.86 bits per heavy atom. The summed E-state index contributed by atoms with van der Waals surface area (Å²) in [6, 6.07) is 9.97. The molecule has 4 rings (SSSR count). The van der Waals surface area contributed by atoms with E-state index in [4.69, 9.17) is 0 Å². The van der Waals surface area contributed by atoms with Gasteiger partial charge in [-0.2, -0.15) is 20.5 Å². The van der Waals surface area contributed by atoms with Crippen molar-refractivity contribution in [1.29, 1.82) is 0 Å². The first-order valence-corrected chi connectivity index (χ1v) is 6.28. The first-order chi connectivity index (χ1) is 10.3. The van der Waals surface area contributed by atoms with Crippen molar-refractivity contribution < 1.29 is 4.39 Å². The Balaban J connectivity index is 1.88. The zero-order valence-corrected chi connectivity index (χ0v) is 10.7. The van der Waals surface area contributed by atoms with Gasteiger partial charge in [0, 0.05) is 17.3 Å². The number of hydrogen-bond donors (Lipinski definition) is 1. The number of nitrogens with one attached hydrogen (secondary N) is 1. The van der Waals surface area contributed by atoms with Crippen LogP contribution in [0.2, 0.25) is 0 Å². The van der Waals surface area contributed by atoms with Crippen LogP contribution in [0.25, 0.3) is 28.2 Å². The highest BCUT2D eigenvalue weighted by atomic mass is 19.1. The standard InChI is InChI=1S/C14H9FN6/c15-11-3-1-2-9(6-11)13-14(19-20-18-13)10-4-5-12-16-8-17-21(12)7-10/h1-8H,(H,18,19,20). The minimum absolute atomic E-state index is 0.312. The molecule has 6 nitrogen and oxygen atoms in total. The zero-order chi connectivity index (χ0) is 14.2. The van der Waals surface area contributed by atoms with E-state index in [0.717, 1.165) is 11.2 Å². The number of rotatable bonds is 2. The van der Waals surface area contributed by atoms with Gasteiger partial charge in [-0.1, -0.05) is 12.1 Å². The quantitative estimate of drug-likeness (QED) is 0.611. The summed E-state index contributed by atoms with van der Waals surface area (Å²) in [4.78, 5) is 4.09. The number of pyridine rings is 1. The van der Waals surface area contributed by atoms with Gasteiger partial charge in [0.1, 0.15) is 23.5 Å². The second-order valence-corrected chi connectivity index (χ2v) is 4.51. The lowest BCUT2D eigenvalue weighted by Crippen LogP contribution is -1.90. The van der Waals surface area contributed by atoms with Crippen molar-refractivity contribution in [3.8, 4) is 22.5 Å². The number of benzene rings is 1. The molecule has 0 atom stereocenters. The lowest BCUT2D eigenvalue weighted by atomic mass is 10.1. The lowest BCUT2D eigenvalue weighted by Gasteiger charge is -2.02. The molecule has 0 aliphatic carbocycles. The van der Waals surface area contributed by atoms with Gasteiger partial charge >= 0.3 is 0 Å². The Labute approximate surface area is 118 Å². The second-order valence-electron chi connectivity index (χ2n) is 4.51. The molecule has 3 aromatic heterocycles. The van der Waals surface area contributed by atoms with E-state index in [0.29, 0.717) is 17.0 Å². The fourth-order valence-electron chi connectivity index (χ4n) is 2.23. The van der Waals surface area contributed by atoms with Crippen LogP contribution in [-0.4, -0.2) is 30.0 Å². The highest BCUT2D eigenvalue weighted by molar-refractivity contribution is 5.77. The van der Waals surface area contributed by atoms with Crippen LogP contribution >= 0.6 is 0 Å². The maximum Gasteiger partial charge on any atom is 0.155 e. The summed E-state index contributed by atoms with van der Waals surface area (Å²) in [5, 5.41) is 15.0. The number of nitrogens with zero attached hydrogens (tertiary/aromatic N) is 5. The Hall–Kier alpha value is -3.09. The zero-order valence-electron chi connectivity index (χ0n) is 10.7. The largest absolute Gasteiger partial charge is 0.220 e. The molecule has 4 aromatic rings. The van der Waals surface area contributed by atoms with Crippen LogP contribution in [0.3, 0.4) is 0 Å². The van der Waals surface area contributed by atoms with E-state index >= 15 is 0 Å². The van der Waals surface area contributed by atoms with Crippen LogP contribution in [0.5, 0.6) is 0 Å². The van der Waals surface area contributed by atoms with Crippen molar-refractivity contribution in [2.24, 2.45) is 0 Å². The third kappa shape index (κ3) is 1.95. The number of fused-ring (bicyclic) bond motifs is 1. The maximum absolute atomic E-state index is 13.4. The number of halogens is 1. The van der Waals surface area contributed by atoms with Crippen LogP contribution in [-0.2, 0) is 0 Å². The van der Waals surface area contributed by atoms with E-state index < -0.39 is 0 Å². The van der Waals surface area contributed by atoms with Gasteiger partial charge in [-0.15, -0.1) is 0 Å². The molecule has 0 unspecified atom stereocenters. The van der Waals surface area contributed by atoms with E-state index in [1.165, 1.54) is 18.5 Å². The van der Waals surface area contributed by atoms with E-state index in [2.05, 4.69) is 25.5 Å². The molecule has 0 amide bonds. The van der Waals surface area contributed by atoms with Crippen molar-refractivity contribution in [3.05, 3.63) is 54.7 Å². The minimum atomic E-state index is -0.312. The van der Waals surface area contributed by atoms with Crippen molar-refractivity contribution >= 4 is 5.65 Å². The monoisotopic (exact) mass is 280 g/mol. The lowest BCUT2D eigenvalue weighted by molar-refractivity contribution is 0.628. The predicted octanol–water partition coefficient (Wildman–Crippen LogP) is 2.32. The molecule has 7 heteroatoms. The van der Waals surface area contributed by atoms with E-state index in [1.807, 2.05) is 18.3 Å². The minimum Gasteiger partial charge on any atom is -0.220 e. The molecule has 0 saturated heterocycles. The Morgan fingerprint density at radius 3 is 2.71 bits per heavy atom. The molecule has 0 bridgehead atoms. The molecule has 102 valence electrons. The molecule has 0 radical (unpaired) electrons. The summed E-state index contributed by atoms with van der Waals surface area (Å²) < 4.78 is 15.0. The fraction of sp³-hybridized carbons (Fsp3) is 0. The van der Waals surface area contributed by atoms with Crippen LogP contribution in [0.15, 0.2) is 48.9 Å². The summed E-state index contributed by atoms with van der Waals surface area (Å²) >= 11 is 0. The Bertz CT molecular complexity index is 926. The van der Waals surface area contributed by atoms with Gasteiger partial charge in [-0.05, 0) is 24.3 Å². The third-order valence-electron chi connectivity index (χ3n) is 3.19. The molecule has 0 fully saturated rings. The summed E-state index contributed by atoms with van der Waals surface area (Å²) in [5.41, 5.74) is 3.46. The summed E-state index contributed by atoms with van der Waals surface area (Å²) in [6.45, 7) is 0. The van der Waals surface area contributed by atoms with Gasteiger partial charge in [0.2, 0.25) is 0 Å². The van der Waals surface area contributed by atoms with Crippen molar-refractivity contribution in [2.75, 3.05) is 0 Å². The van der Waals surface area contributed by atoms with Gasteiger partial charge in [-0.25, -0.2) is 13.9 Å². The van der Waals surface area contributed by atoms with E-state index in [-0.39, 0.29) is 5.82 Å². The number of hydrogen-bond acceptors (Lipinski definition) is 4. The molecule has 21 heavy (non-hydrogen) atoms. The summed E-state index contributed by atoms with van der Waals surface area (Å²) in [6.07, 6.45) is 3.29. The third-order valence-corrected chi connectivity index (χ3v) is 3.19. The Morgan fingerprint density at radius 1 is 1.00 bits per heavy atom. The molecule has 0 aliphatic heterocycles. The van der Waals surface area contributed by atoms with Gasteiger partial charge in [-0.3, -0.25) is 0 Å². The molecule has 0 aliphatic rings. The van der Waals surface area contributed by atoms with Crippen LogP contribution in [0.1, 0.15) is 0 Å². The maximum atomic E-state index is 13.4. The Kier molecular flexibility index (Phi) is 2.50. The molecule has 3 heterocycles. The molecule has 0 saturated carbocycles. The first kappa shape index (κ1) is 11.7. The van der Waals surface area contributed by atoms with Crippen molar-refractivity contribution in [2.45, 2.75) is 0 Å². The predicted molar refractivity (Wildman–Crippen MR) is 73.8 cm³/mol. The smallest absolute Gasteiger partial charge is 0.155 e. The summed E-state index contributed by atoms with van der Waals surface area (Å²) in [5.74, 6) is -0.312. The molecule has 1 N–H and O–H groups in total. The van der Waals surface area contributed by atoms with Crippen LogP contribution in [0.4, 0.5) is 4.39 Å². The molecular weight excluding hydrogens is 271 g/mol. The van der Waals surface area contributed by atoms with Gasteiger partial charge in [0.25, 0.3) is 0 Å². The SMILES string of the molecule is Fc1cccc(-c2n[nH]nc2-c2ccc3ncnn3c2)c1. The van der Waals surface area contributed by atoms with Crippen LogP contribution < -0.4 is 0 Å². The topological polar surface area (TPSA) is 71.8 Å². The second kappa shape index (κ2) is 4.48. The molecule has 0 spiro atoms. The van der Waals surface area contributed by atoms with Crippen molar-refractivity contribution in [1.82, 2.24) is 30.0 Å².